The predicted molar refractivity (Wildman–Crippen MR) is 102 cm³/mol. The summed E-state index contributed by atoms with van der Waals surface area (Å²) in [5, 5.41) is 0.159. The van der Waals surface area contributed by atoms with Crippen LogP contribution in [0.1, 0.15) is 23.7 Å². The number of methoxy groups -OCH3 is 2. The zero-order valence-electron chi connectivity index (χ0n) is 16.0. The SMILES string of the molecule is COc1cc(OC)c2c(c1Cl)O[C@@]1(C(=O)C=C(N3CCOCC3)C[C@H]1C)C2=O. The largest absolute Gasteiger partial charge is 0.496 e. The Morgan fingerprint density at radius 1 is 1.18 bits per heavy atom. The topological polar surface area (TPSA) is 74.3 Å². The summed E-state index contributed by atoms with van der Waals surface area (Å²) in [6.45, 7) is 4.55. The van der Waals surface area contributed by atoms with Crippen LogP contribution in [0, 0.1) is 5.92 Å². The highest BCUT2D eigenvalue weighted by atomic mass is 35.5. The number of rotatable bonds is 3. The van der Waals surface area contributed by atoms with Gasteiger partial charge in [0, 0.05) is 36.8 Å². The van der Waals surface area contributed by atoms with Gasteiger partial charge in [0.2, 0.25) is 17.2 Å². The van der Waals surface area contributed by atoms with Crippen molar-refractivity contribution in [3.63, 3.8) is 0 Å². The van der Waals surface area contributed by atoms with Gasteiger partial charge < -0.3 is 23.8 Å². The zero-order chi connectivity index (χ0) is 20.1. The monoisotopic (exact) mass is 407 g/mol. The Bertz CT molecular complexity index is 876. The first-order valence-corrected chi connectivity index (χ1v) is 9.57. The summed E-state index contributed by atoms with van der Waals surface area (Å²) in [6.07, 6.45) is 2.08. The lowest BCUT2D eigenvalue weighted by atomic mass is 9.74. The van der Waals surface area contributed by atoms with Crippen LogP contribution < -0.4 is 14.2 Å². The Balaban J connectivity index is 1.76. The van der Waals surface area contributed by atoms with Crippen molar-refractivity contribution in [2.75, 3.05) is 40.5 Å². The smallest absolute Gasteiger partial charge is 0.236 e. The number of Topliss-reactive ketones (excluding diaryl/α,β-unsaturated/α-hetero) is 1. The minimum atomic E-state index is -1.62. The normalized spacial score (nSPS) is 26.8. The van der Waals surface area contributed by atoms with Gasteiger partial charge in [0.1, 0.15) is 22.1 Å². The molecule has 0 saturated carbocycles. The first-order valence-electron chi connectivity index (χ1n) is 9.20. The molecule has 1 aromatic carbocycles. The number of ketones is 2. The number of benzene rings is 1. The first-order chi connectivity index (χ1) is 13.4. The molecule has 1 spiro atoms. The van der Waals surface area contributed by atoms with E-state index in [0.717, 1.165) is 18.8 Å². The molecule has 0 N–H and O–H groups in total. The van der Waals surface area contributed by atoms with Crippen molar-refractivity contribution in [1.82, 2.24) is 4.90 Å². The number of nitrogens with zero attached hydrogens (tertiary/aromatic N) is 1. The maximum absolute atomic E-state index is 13.4. The van der Waals surface area contributed by atoms with Gasteiger partial charge in [-0.05, 0) is 6.42 Å². The number of ether oxygens (including phenoxy) is 4. The molecule has 150 valence electrons. The van der Waals surface area contributed by atoms with Gasteiger partial charge in [-0.15, -0.1) is 0 Å². The highest BCUT2D eigenvalue weighted by Gasteiger charge is 2.60. The molecule has 0 radical (unpaired) electrons. The second-order valence-corrected chi connectivity index (χ2v) is 7.55. The third-order valence-electron chi connectivity index (χ3n) is 5.71. The maximum Gasteiger partial charge on any atom is 0.236 e. The van der Waals surface area contributed by atoms with Gasteiger partial charge in [-0.2, -0.15) is 0 Å². The molecule has 1 aromatic rings. The summed E-state index contributed by atoms with van der Waals surface area (Å²) in [7, 11) is 2.91. The van der Waals surface area contributed by atoms with E-state index < -0.39 is 11.4 Å². The number of hydrogen-bond donors (Lipinski definition) is 0. The molecule has 28 heavy (non-hydrogen) atoms. The fraction of sp³-hybridized carbons (Fsp3) is 0.500. The van der Waals surface area contributed by atoms with Crippen LogP contribution in [0.5, 0.6) is 17.2 Å². The van der Waals surface area contributed by atoms with Crippen LogP contribution in [0.4, 0.5) is 0 Å². The molecule has 8 heteroatoms. The number of morpholine rings is 1. The van der Waals surface area contributed by atoms with E-state index in [9.17, 15) is 9.59 Å². The molecule has 0 amide bonds. The second-order valence-electron chi connectivity index (χ2n) is 7.17. The number of carbonyl (C=O) groups is 2. The molecule has 0 bridgehead atoms. The lowest BCUT2D eigenvalue weighted by Gasteiger charge is -2.39. The van der Waals surface area contributed by atoms with Gasteiger partial charge >= 0.3 is 0 Å². The Hall–Kier alpha value is -2.25. The van der Waals surface area contributed by atoms with Crippen LogP contribution in [-0.4, -0.2) is 62.6 Å². The van der Waals surface area contributed by atoms with Crippen molar-refractivity contribution < 1.29 is 28.5 Å². The number of hydrogen-bond acceptors (Lipinski definition) is 7. The molecular formula is C20H22ClNO6. The molecule has 1 aliphatic carbocycles. The fourth-order valence-electron chi connectivity index (χ4n) is 4.18. The van der Waals surface area contributed by atoms with E-state index in [1.165, 1.54) is 26.4 Å². The molecule has 2 aliphatic heterocycles. The molecule has 2 atom stereocenters. The van der Waals surface area contributed by atoms with Crippen LogP contribution in [0.25, 0.3) is 0 Å². The van der Waals surface area contributed by atoms with Crippen LogP contribution in [-0.2, 0) is 9.53 Å². The third-order valence-corrected chi connectivity index (χ3v) is 6.07. The van der Waals surface area contributed by atoms with Gasteiger partial charge in [-0.25, -0.2) is 0 Å². The molecule has 0 aromatic heterocycles. The van der Waals surface area contributed by atoms with E-state index in [2.05, 4.69) is 4.90 Å². The van der Waals surface area contributed by atoms with Crippen molar-refractivity contribution in [2.24, 2.45) is 5.92 Å². The Kier molecular flexibility index (Phi) is 4.75. The van der Waals surface area contributed by atoms with Crippen LogP contribution in [0.2, 0.25) is 5.02 Å². The van der Waals surface area contributed by atoms with Gasteiger partial charge in [-0.1, -0.05) is 18.5 Å². The van der Waals surface area contributed by atoms with Gasteiger partial charge in [-0.3, -0.25) is 9.59 Å². The average Bonchev–Trinajstić information content (AvgIpc) is 3.02. The summed E-state index contributed by atoms with van der Waals surface area (Å²) < 4.78 is 22.0. The van der Waals surface area contributed by atoms with Gasteiger partial charge in [0.05, 0.1) is 27.4 Å². The summed E-state index contributed by atoms with van der Waals surface area (Å²) in [5.41, 5.74) is -0.521. The van der Waals surface area contributed by atoms with Crippen LogP contribution >= 0.6 is 11.6 Å². The van der Waals surface area contributed by atoms with Crippen molar-refractivity contribution >= 4 is 23.2 Å². The third kappa shape index (κ3) is 2.60. The minimum Gasteiger partial charge on any atom is -0.496 e. The molecular weight excluding hydrogens is 386 g/mol. The Morgan fingerprint density at radius 3 is 2.46 bits per heavy atom. The highest BCUT2D eigenvalue weighted by molar-refractivity contribution is 6.36. The molecule has 2 heterocycles. The second kappa shape index (κ2) is 6.97. The zero-order valence-corrected chi connectivity index (χ0v) is 16.8. The summed E-state index contributed by atoms with van der Waals surface area (Å²) >= 11 is 6.39. The molecule has 7 nitrogen and oxygen atoms in total. The van der Waals surface area contributed by atoms with E-state index in [1.807, 2.05) is 6.92 Å². The molecule has 1 fully saturated rings. The molecule has 0 unspecified atom stereocenters. The molecule has 4 rings (SSSR count). The average molecular weight is 408 g/mol. The van der Waals surface area contributed by atoms with E-state index in [-0.39, 0.29) is 33.8 Å². The number of carbonyl (C=O) groups excluding carboxylic acids is 2. The fourth-order valence-corrected chi connectivity index (χ4v) is 4.44. The minimum absolute atomic E-state index is 0.145. The summed E-state index contributed by atoms with van der Waals surface area (Å²) in [4.78, 5) is 28.8. The van der Waals surface area contributed by atoms with E-state index in [4.69, 9.17) is 30.5 Å². The van der Waals surface area contributed by atoms with E-state index in [0.29, 0.717) is 25.4 Å². The Morgan fingerprint density at radius 2 is 1.86 bits per heavy atom. The number of allylic oxidation sites excluding steroid dienone is 1. The van der Waals surface area contributed by atoms with Crippen LogP contribution in [0.15, 0.2) is 17.8 Å². The van der Waals surface area contributed by atoms with Crippen LogP contribution in [0.3, 0.4) is 0 Å². The predicted octanol–water partition coefficient (Wildman–Crippen LogP) is 2.50. The van der Waals surface area contributed by atoms with E-state index in [1.54, 1.807) is 0 Å². The summed E-state index contributed by atoms with van der Waals surface area (Å²) in [5.74, 6) is -0.408. The quantitative estimate of drug-likeness (QED) is 0.712. The maximum atomic E-state index is 13.4. The van der Waals surface area contributed by atoms with Crippen molar-refractivity contribution in [1.29, 1.82) is 0 Å². The lowest BCUT2D eigenvalue weighted by molar-refractivity contribution is -0.129. The molecule has 3 aliphatic rings. The number of halogens is 1. The summed E-state index contributed by atoms with van der Waals surface area (Å²) in [6, 6.07) is 1.54. The van der Waals surface area contributed by atoms with Crippen molar-refractivity contribution in [3.8, 4) is 17.2 Å². The molecule has 1 saturated heterocycles. The van der Waals surface area contributed by atoms with Gasteiger partial charge in [0.15, 0.2) is 5.75 Å². The number of fused-ring (bicyclic) bond motifs is 1. The van der Waals surface area contributed by atoms with E-state index >= 15 is 0 Å². The van der Waals surface area contributed by atoms with Crippen molar-refractivity contribution in [2.45, 2.75) is 18.9 Å². The lowest BCUT2D eigenvalue weighted by Crippen LogP contribution is -2.56. The van der Waals surface area contributed by atoms with Crippen molar-refractivity contribution in [3.05, 3.63) is 28.4 Å². The highest BCUT2D eigenvalue weighted by Crippen LogP contribution is 2.53. The Labute approximate surface area is 168 Å². The van der Waals surface area contributed by atoms with Gasteiger partial charge in [0.25, 0.3) is 0 Å². The standard InChI is InChI=1S/C20H22ClNO6/c1-11-8-12(22-4-6-27-7-5-22)9-15(23)20(11)19(24)16-13(25-2)10-14(26-3)17(21)18(16)28-20/h9-11H,4-8H2,1-3H3/t11-,20+/m1/s1. The first kappa shape index (κ1) is 19.1.